The van der Waals surface area contributed by atoms with E-state index in [4.69, 9.17) is 13.8 Å². The molecule has 2 heterocycles. The van der Waals surface area contributed by atoms with E-state index in [1.165, 1.54) is 27.8 Å². The first-order valence-corrected chi connectivity index (χ1v) is 19.8. The van der Waals surface area contributed by atoms with Crippen molar-refractivity contribution in [2.24, 2.45) is 0 Å². The van der Waals surface area contributed by atoms with Gasteiger partial charge in [-0.3, -0.25) is 0 Å². The summed E-state index contributed by atoms with van der Waals surface area (Å²) in [5.41, 5.74) is 16.5. The van der Waals surface area contributed by atoms with E-state index >= 15 is 0 Å². The molecule has 0 bridgehead atoms. The third-order valence-electron chi connectivity index (χ3n) is 11.1. The lowest BCUT2D eigenvalue weighted by Gasteiger charge is -2.26. The molecule has 0 aliphatic carbocycles. The molecule has 11 rings (SSSR count). The Morgan fingerprint density at radius 2 is 0.746 bits per heavy atom. The van der Waals surface area contributed by atoms with Crippen LogP contribution >= 0.6 is 0 Å². The Kier molecular flexibility index (Phi) is 8.45. The van der Waals surface area contributed by atoms with Crippen molar-refractivity contribution in [2.75, 3.05) is 4.90 Å². The van der Waals surface area contributed by atoms with Gasteiger partial charge < -0.3 is 13.7 Å². The van der Waals surface area contributed by atoms with E-state index in [1.54, 1.807) is 0 Å². The Bertz CT molecular complexity index is 3220. The van der Waals surface area contributed by atoms with Crippen molar-refractivity contribution in [2.45, 2.75) is 0 Å². The van der Waals surface area contributed by atoms with Gasteiger partial charge in [-0.2, -0.15) is 0 Å². The van der Waals surface area contributed by atoms with Crippen LogP contribution in [0.25, 0.3) is 89.0 Å². The average Bonchev–Trinajstić information content (AvgIpc) is 3.90. The van der Waals surface area contributed by atoms with Gasteiger partial charge in [0.25, 0.3) is 0 Å². The van der Waals surface area contributed by atoms with Crippen molar-refractivity contribution in [3.8, 4) is 56.0 Å². The van der Waals surface area contributed by atoms with Gasteiger partial charge in [-0.25, -0.2) is 4.98 Å². The Morgan fingerprint density at radius 1 is 0.288 bits per heavy atom. The van der Waals surface area contributed by atoms with Gasteiger partial charge in [-0.05, 0) is 105 Å². The number of furan rings is 1. The smallest absolute Gasteiger partial charge is 0.227 e. The van der Waals surface area contributed by atoms with Crippen molar-refractivity contribution in [1.29, 1.82) is 0 Å². The van der Waals surface area contributed by atoms with Crippen molar-refractivity contribution < 1.29 is 8.83 Å². The summed E-state index contributed by atoms with van der Waals surface area (Å²) in [6, 6.07) is 76.7. The number of nitrogens with zero attached hydrogens (tertiary/aromatic N) is 2. The molecule has 9 aromatic carbocycles. The molecule has 0 spiro atoms. The molecule has 0 unspecified atom stereocenters. The van der Waals surface area contributed by atoms with Crippen LogP contribution in [0, 0.1) is 0 Å². The van der Waals surface area contributed by atoms with E-state index in [2.05, 4.69) is 187 Å². The minimum absolute atomic E-state index is 0.592. The second-order valence-electron chi connectivity index (χ2n) is 14.8. The lowest BCUT2D eigenvalue weighted by molar-refractivity contribution is 0.620. The maximum atomic E-state index is 6.44. The number of aromatic nitrogens is 1. The zero-order chi connectivity index (χ0) is 39.1. The topological polar surface area (TPSA) is 42.4 Å². The maximum absolute atomic E-state index is 6.44. The number of hydrogen-bond donors (Lipinski definition) is 0. The fourth-order valence-corrected chi connectivity index (χ4v) is 8.08. The molecule has 0 aliphatic rings. The highest BCUT2D eigenvalue weighted by Gasteiger charge is 2.19. The van der Waals surface area contributed by atoms with Crippen LogP contribution in [0.15, 0.2) is 227 Å². The van der Waals surface area contributed by atoms with E-state index in [1.807, 2.05) is 36.4 Å². The third-order valence-corrected chi connectivity index (χ3v) is 11.1. The normalized spacial score (nSPS) is 11.4. The summed E-state index contributed by atoms with van der Waals surface area (Å²) >= 11 is 0. The Balaban J connectivity index is 0.997. The minimum Gasteiger partial charge on any atom is -0.456 e. The molecule has 0 saturated heterocycles. The molecule has 4 nitrogen and oxygen atoms in total. The Labute approximate surface area is 341 Å². The van der Waals surface area contributed by atoms with Gasteiger partial charge in [0.15, 0.2) is 5.58 Å². The summed E-state index contributed by atoms with van der Waals surface area (Å²) in [6.45, 7) is 0. The summed E-state index contributed by atoms with van der Waals surface area (Å²) in [4.78, 5) is 7.12. The van der Waals surface area contributed by atoms with Crippen LogP contribution < -0.4 is 4.90 Å². The molecule has 11 aromatic rings. The van der Waals surface area contributed by atoms with Gasteiger partial charge in [-0.15, -0.1) is 0 Å². The minimum atomic E-state index is 0.592. The molecule has 0 amide bonds. The van der Waals surface area contributed by atoms with Crippen molar-refractivity contribution in [1.82, 2.24) is 4.98 Å². The maximum Gasteiger partial charge on any atom is 0.227 e. The first-order chi connectivity index (χ1) is 29.2. The predicted molar refractivity (Wildman–Crippen MR) is 243 cm³/mol. The fourth-order valence-electron chi connectivity index (χ4n) is 8.08. The molecule has 0 radical (unpaired) electrons. The molecule has 59 heavy (non-hydrogen) atoms. The zero-order valence-corrected chi connectivity index (χ0v) is 32.0. The van der Waals surface area contributed by atoms with Gasteiger partial charge in [0.05, 0.1) is 0 Å². The Morgan fingerprint density at radius 3 is 1.34 bits per heavy atom. The largest absolute Gasteiger partial charge is 0.456 e. The molecule has 278 valence electrons. The van der Waals surface area contributed by atoms with Crippen molar-refractivity contribution >= 4 is 50.1 Å². The second-order valence-corrected chi connectivity index (χ2v) is 14.8. The zero-order valence-electron chi connectivity index (χ0n) is 32.0. The van der Waals surface area contributed by atoms with Gasteiger partial charge in [0.1, 0.15) is 16.7 Å². The number of hydrogen-bond acceptors (Lipinski definition) is 4. The summed E-state index contributed by atoms with van der Waals surface area (Å²) in [5.74, 6) is 0.592. The highest BCUT2D eigenvalue weighted by atomic mass is 16.4. The van der Waals surface area contributed by atoms with E-state index in [0.29, 0.717) is 5.89 Å². The van der Waals surface area contributed by atoms with Crippen LogP contribution in [0.4, 0.5) is 17.1 Å². The molecule has 0 N–H and O–H groups in total. The molecular weight excluding hydrogens is 721 g/mol. The van der Waals surface area contributed by atoms with Crippen molar-refractivity contribution in [3.05, 3.63) is 218 Å². The summed E-state index contributed by atoms with van der Waals surface area (Å²) in [6.07, 6.45) is 0. The van der Waals surface area contributed by atoms with Crippen LogP contribution in [0.5, 0.6) is 0 Å². The van der Waals surface area contributed by atoms with E-state index in [-0.39, 0.29) is 0 Å². The van der Waals surface area contributed by atoms with Crippen LogP contribution in [-0.2, 0) is 0 Å². The highest BCUT2D eigenvalue weighted by molar-refractivity contribution is 6.10. The molecular formula is C55H36N2O2. The fraction of sp³-hybridized carbons (Fsp3) is 0. The van der Waals surface area contributed by atoms with E-state index in [0.717, 1.165) is 72.4 Å². The van der Waals surface area contributed by atoms with Crippen LogP contribution in [0.2, 0.25) is 0 Å². The number of oxazole rings is 1. The average molecular weight is 757 g/mol. The van der Waals surface area contributed by atoms with Crippen LogP contribution in [0.1, 0.15) is 0 Å². The van der Waals surface area contributed by atoms with Gasteiger partial charge in [0, 0.05) is 39.5 Å². The van der Waals surface area contributed by atoms with Gasteiger partial charge >= 0.3 is 0 Å². The lowest BCUT2D eigenvalue weighted by atomic mass is 9.99. The molecule has 4 heteroatoms. The molecule has 0 saturated carbocycles. The summed E-state index contributed by atoms with van der Waals surface area (Å²) in [7, 11) is 0. The SMILES string of the molecule is c1ccc(-c2ccc(-c3ccc(N(c4cccc(-c5ccc(-c6ccccc6)cc5)c4)c4ccc5oc6cc7nc(-c8ccccc8)oc7cc6c5c4)cc3)cc2)cc1. The standard InChI is InChI=1S/C55H36N2O2/c1-4-11-37(12-5-1)39-19-21-41(22-20-39)42-27-29-46(30-28-42)57(47-18-10-17-45(33-47)43-25-23-40(24-26-43)38-13-6-2-7-14-38)48-31-32-52-49(34-48)50-35-54-51(36-53(50)58-52)56-55(59-54)44-15-8-3-9-16-44/h1-36H. The van der Waals surface area contributed by atoms with Crippen LogP contribution in [0.3, 0.4) is 0 Å². The highest BCUT2D eigenvalue weighted by Crippen LogP contribution is 2.42. The number of benzene rings is 9. The molecule has 2 aromatic heterocycles. The van der Waals surface area contributed by atoms with Crippen LogP contribution in [-0.4, -0.2) is 4.98 Å². The lowest BCUT2D eigenvalue weighted by Crippen LogP contribution is -2.10. The second kappa shape index (κ2) is 14.5. The number of anilines is 3. The van der Waals surface area contributed by atoms with E-state index in [9.17, 15) is 0 Å². The molecule has 0 fully saturated rings. The number of fused-ring (bicyclic) bond motifs is 4. The first kappa shape index (κ1) is 34.3. The molecule has 0 atom stereocenters. The summed E-state index contributed by atoms with van der Waals surface area (Å²) < 4.78 is 12.7. The monoisotopic (exact) mass is 756 g/mol. The quantitative estimate of drug-likeness (QED) is 0.155. The predicted octanol–water partition coefficient (Wildman–Crippen LogP) is 15.5. The Hall–Kier alpha value is -7.95. The summed E-state index contributed by atoms with van der Waals surface area (Å²) in [5, 5.41) is 1.98. The van der Waals surface area contributed by atoms with Gasteiger partial charge in [-0.1, -0.05) is 152 Å². The van der Waals surface area contributed by atoms with E-state index < -0.39 is 0 Å². The third kappa shape index (κ3) is 6.53. The van der Waals surface area contributed by atoms with Gasteiger partial charge in [0.2, 0.25) is 5.89 Å². The van der Waals surface area contributed by atoms with Crippen molar-refractivity contribution in [3.63, 3.8) is 0 Å². The molecule has 0 aliphatic heterocycles. The number of rotatable bonds is 8. The first-order valence-electron chi connectivity index (χ1n) is 19.8.